The van der Waals surface area contributed by atoms with Gasteiger partial charge in [-0.1, -0.05) is 24.3 Å². The number of rotatable bonds is 3. The summed E-state index contributed by atoms with van der Waals surface area (Å²) in [4.78, 5) is 13.2. The molecule has 1 atom stereocenters. The molecule has 5 nitrogen and oxygen atoms in total. The van der Waals surface area contributed by atoms with E-state index in [4.69, 9.17) is 0 Å². The van der Waals surface area contributed by atoms with Crippen molar-refractivity contribution in [2.75, 3.05) is 0 Å². The molecule has 0 saturated heterocycles. The van der Waals surface area contributed by atoms with Crippen LogP contribution in [0.5, 0.6) is 0 Å². The number of carbonyl (C=O) groups is 1. The van der Waals surface area contributed by atoms with Gasteiger partial charge < -0.3 is 0 Å². The molecule has 0 spiro atoms. The number of benzene rings is 1. The molecule has 3 aromatic rings. The first kappa shape index (κ1) is 15.8. The highest BCUT2D eigenvalue weighted by atomic mass is 32.1. The minimum absolute atomic E-state index is 0.0524. The SMILES string of the molecule is CC(=O)N1N=C(c2cccs2)CC1c1cn(-c2ccccc2)nc1C. The molecule has 3 heterocycles. The Labute approximate surface area is 150 Å². The van der Waals surface area contributed by atoms with Gasteiger partial charge in [0.15, 0.2) is 0 Å². The fourth-order valence-corrected chi connectivity index (χ4v) is 3.87. The third kappa shape index (κ3) is 2.89. The largest absolute Gasteiger partial charge is 0.273 e. The zero-order chi connectivity index (χ0) is 17.4. The normalized spacial score (nSPS) is 17.0. The number of hydrogen-bond acceptors (Lipinski definition) is 4. The van der Waals surface area contributed by atoms with E-state index in [-0.39, 0.29) is 11.9 Å². The lowest BCUT2D eigenvalue weighted by atomic mass is 10.0. The molecular weight excluding hydrogens is 332 g/mol. The summed E-state index contributed by atoms with van der Waals surface area (Å²) in [5.41, 5.74) is 3.92. The summed E-state index contributed by atoms with van der Waals surface area (Å²) >= 11 is 1.65. The molecule has 6 heteroatoms. The van der Waals surface area contributed by atoms with E-state index in [0.29, 0.717) is 6.42 Å². The molecule has 126 valence electrons. The molecule has 2 aromatic heterocycles. The van der Waals surface area contributed by atoms with Crippen molar-refractivity contribution in [2.24, 2.45) is 5.10 Å². The van der Waals surface area contributed by atoms with Crippen molar-refractivity contribution >= 4 is 23.0 Å². The van der Waals surface area contributed by atoms with Gasteiger partial charge in [0, 0.05) is 25.1 Å². The molecule has 0 saturated carbocycles. The molecule has 0 aliphatic carbocycles. The molecule has 0 bridgehead atoms. The number of amides is 1. The summed E-state index contributed by atoms with van der Waals surface area (Å²) < 4.78 is 1.87. The fourth-order valence-electron chi connectivity index (χ4n) is 3.15. The average Bonchev–Trinajstić information content (AvgIpc) is 3.34. The van der Waals surface area contributed by atoms with Crippen LogP contribution >= 0.6 is 11.3 Å². The molecule has 4 rings (SSSR count). The number of aromatic nitrogens is 2. The predicted molar refractivity (Wildman–Crippen MR) is 99.0 cm³/mol. The van der Waals surface area contributed by atoms with Gasteiger partial charge in [-0.05, 0) is 30.5 Å². The minimum atomic E-state index is -0.105. The maximum atomic E-state index is 12.1. The molecule has 25 heavy (non-hydrogen) atoms. The fraction of sp³-hybridized carbons (Fsp3) is 0.211. The molecule has 0 fully saturated rings. The van der Waals surface area contributed by atoms with E-state index in [1.165, 1.54) is 0 Å². The van der Waals surface area contributed by atoms with Gasteiger partial charge in [0.25, 0.3) is 0 Å². The van der Waals surface area contributed by atoms with Gasteiger partial charge in [-0.25, -0.2) is 9.69 Å². The zero-order valence-electron chi connectivity index (χ0n) is 14.1. The Morgan fingerprint density at radius 3 is 2.68 bits per heavy atom. The Morgan fingerprint density at radius 1 is 1.20 bits per heavy atom. The Balaban J connectivity index is 1.70. The monoisotopic (exact) mass is 350 g/mol. The van der Waals surface area contributed by atoms with Crippen molar-refractivity contribution in [1.82, 2.24) is 14.8 Å². The highest BCUT2D eigenvalue weighted by Crippen LogP contribution is 2.35. The van der Waals surface area contributed by atoms with Crippen LogP contribution in [0.25, 0.3) is 5.69 Å². The second kappa shape index (κ2) is 6.29. The molecule has 1 aliphatic rings. The van der Waals surface area contributed by atoms with Crippen LogP contribution in [-0.2, 0) is 4.79 Å². The van der Waals surface area contributed by atoms with Crippen LogP contribution in [0.4, 0.5) is 0 Å². The van der Waals surface area contributed by atoms with Crippen molar-refractivity contribution in [3.8, 4) is 5.69 Å². The summed E-state index contributed by atoms with van der Waals surface area (Å²) in [6, 6.07) is 13.9. The van der Waals surface area contributed by atoms with E-state index in [1.807, 2.05) is 65.6 Å². The van der Waals surface area contributed by atoms with Crippen LogP contribution in [0, 0.1) is 6.92 Å². The minimum Gasteiger partial charge on any atom is -0.273 e. The number of hydrazone groups is 1. The molecule has 1 aliphatic heterocycles. The lowest BCUT2D eigenvalue weighted by molar-refractivity contribution is -0.130. The Bertz CT molecular complexity index is 928. The van der Waals surface area contributed by atoms with E-state index in [2.05, 4.69) is 10.2 Å². The van der Waals surface area contributed by atoms with Crippen molar-refractivity contribution in [3.63, 3.8) is 0 Å². The Hall–Kier alpha value is -2.73. The Morgan fingerprint density at radius 2 is 2.00 bits per heavy atom. The van der Waals surface area contributed by atoms with Gasteiger partial charge in [0.2, 0.25) is 5.91 Å². The first-order chi connectivity index (χ1) is 12.1. The van der Waals surface area contributed by atoms with E-state index in [9.17, 15) is 4.79 Å². The molecule has 0 radical (unpaired) electrons. The van der Waals surface area contributed by atoms with E-state index < -0.39 is 0 Å². The maximum Gasteiger partial charge on any atom is 0.240 e. The Kier molecular flexibility index (Phi) is 3.97. The third-order valence-corrected chi connectivity index (χ3v) is 5.27. The van der Waals surface area contributed by atoms with Crippen LogP contribution in [0.15, 0.2) is 59.1 Å². The van der Waals surface area contributed by atoms with E-state index in [0.717, 1.165) is 27.5 Å². The highest BCUT2D eigenvalue weighted by Gasteiger charge is 2.33. The van der Waals surface area contributed by atoms with Crippen LogP contribution in [0.1, 0.15) is 35.5 Å². The molecule has 1 unspecified atom stereocenters. The van der Waals surface area contributed by atoms with Gasteiger partial charge >= 0.3 is 0 Å². The number of thiophene rings is 1. The second-order valence-corrected chi connectivity index (χ2v) is 7.01. The van der Waals surface area contributed by atoms with Gasteiger partial charge in [-0.2, -0.15) is 10.2 Å². The topological polar surface area (TPSA) is 50.5 Å². The van der Waals surface area contributed by atoms with Crippen molar-refractivity contribution in [3.05, 3.63) is 70.2 Å². The van der Waals surface area contributed by atoms with Gasteiger partial charge in [-0.3, -0.25) is 4.79 Å². The van der Waals surface area contributed by atoms with E-state index >= 15 is 0 Å². The van der Waals surface area contributed by atoms with Crippen molar-refractivity contribution < 1.29 is 4.79 Å². The zero-order valence-corrected chi connectivity index (χ0v) is 14.9. The van der Waals surface area contributed by atoms with Gasteiger partial charge in [0.05, 0.1) is 28.0 Å². The lowest BCUT2D eigenvalue weighted by Gasteiger charge is -2.19. The quantitative estimate of drug-likeness (QED) is 0.718. The standard InChI is InChI=1S/C19H18N4OS/c1-13-16(12-22(20-13)15-7-4-3-5-8-15)18-11-17(19-9-6-10-25-19)21-23(18)14(2)24/h3-10,12,18H,11H2,1-2H3. The molecule has 1 aromatic carbocycles. The second-order valence-electron chi connectivity index (χ2n) is 6.06. The van der Waals surface area contributed by atoms with Crippen LogP contribution in [0.2, 0.25) is 0 Å². The van der Waals surface area contributed by atoms with Crippen molar-refractivity contribution in [1.29, 1.82) is 0 Å². The summed E-state index contributed by atoms with van der Waals surface area (Å²) in [7, 11) is 0. The lowest BCUT2D eigenvalue weighted by Crippen LogP contribution is -2.24. The average molecular weight is 350 g/mol. The summed E-state index contributed by atoms with van der Waals surface area (Å²) in [6.45, 7) is 3.54. The number of para-hydroxylation sites is 1. The number of carbonyl (C=O) groups excluding carboxylic acids is 1. The summed E-state index contributed by atoms with van der Waals surface area (Å²) in [5, 5.41) is 12.8. The van der Waals surface area contributed by atoms with Crippen LogP contribution in [0.3, 0.4) is 0 Å². The molecular formula is C19H18N4OS. The van der Waals surface area contributed by atoms with Crippen molar-refractivity contribution in [2.45, 2.75) is 26.3 Å². The van der Waals surface area contributed by atoms with E-state index in [1.54, 1.807) is 23.3 Å². The van der Waals surface area contributed by atoms with Crippen LogP contribution < -0.4 is 0 Å². The molecule has 0 N–H and O–H groups in total. The number of hydrogen-bond donors (Lipinski definition) is 0. The number of aryl methyl sites for hydroxylation is 1. The number of nitrogens with zero attached hydrogens (tertiary/aromatic N) is 4. The predicted octanol–water partition coefficient (Wildman–Crippen LogP) is 3.94. The summed E-state index contributed by atoms with van der Waals surface area (Å²) in [6.07, 6.45) is 2.72. The van der Waals surface area contributed by atoms with Gasteiger partial charge in [-0.15, -0.1) is 11.3 Å². The summed E-state index contributed by atoms with van der Waals surface area (Å²) in [5.74, 6) is -0.0524. The van der Waals surface area contributed by atoms with Gasteiger partial charge in [0.1, 0.15) is 0 Å². The first-order valence-corrected chi connectivity index (χ1v) is 9.04. The van der Waals surface area contributed by atoms with Crippen LogP contribution in [-0.4, -0.2) is 26.4 Å². The molecule has 1 amide bonds. The first-order valence-electron chi connectivity index (χ1n) is 8.16. The highest BCUT2D eigenvalue weighted by molar-refractivity contribution is 7.12. The third-order valence-electron chi connectivity index (χ3n) is 4.36. The smallest absolute Gasteiger partial charge is 0.240 e. The maximum absolute atomic E-state index is 12.1.